The van der Waals surface area contributed by atoms with Crippen molar-refractivity contribution in [3.8, 4) is 11.5 Å². The number of likely N-dealkylation sites (tertiary alicyclic amines) is 1. The van der Waals surface area contributed by atoms with E-state index in [2.05, 4.69) is 0 Å². The van der Waals surface area contributed by atoms with Crippen LogP contribution in [-0.2, 0) is 16.0 Å². The number of rotatable bonds is 5. The van der Waals surface area contributed by atoms with Crippen LogP contribution in [0.4, 0.5) is 4.79 Å². The lowest BCUT2D eigenvalue weighted by Crippen LogP contribution is -2.48. The molecule has 0 bridgehead atoms. The van der Waals surface area contributed by atoms with Crippen LogP contribution in [0.15, 0.2) is 18.2 Å². The van der Waals surface area contributed by atoms with Crippen LogP contribution in [0.3, 0.4) is 0 Å². The molecule has 0 aromatic heterocycles. The normalized spacial score (nSPS) is 18.4. The van der Waals surface area contributed by atoms with Gasteiger partial charge in [-0.25, -0.2) is 0 Å². The van der Waals surface area contributed by atoms with Crippen LogP contribution in [0.2, 0.25) is 0 Å². The van der Waals surface area contributed by atoms with Gasteiger partial charge in [0.25, 0.3) is 5.24 Å². The summed E-state index contributed by atoms with van der Waals surface area (Å²) in [5.74, 6) is 1.37. The number of amides is 3. The highest BCUT2D eigenvalue weighted by Crippen LogP contribution is 2.29. The summed E-state index contributed by atoms with van der Waals surface area (Å²) in [4.78, 5) is 39.4. The van der Waals surface area contributed by atoms with Crippen molar-refractivity contribution < 1.29 is 23.9 Å². The van der Waals surface area contributed by atoms with Crippen LogP contribution < -0.4 is 9.47 Å². The summed E-state index contributed by atoms with van der Waals surface area (Å²) in [7, 11) is 3.13. The molecule has 140 valence electrons. The zero-order valence-electron chi connectivity index (χ0n) is 14.9. The van der Waals surface area contributed by atoms with Crippen LogP contribution in [-0.4, -0.2) is 66.0 Å². The fourth-order valence-electron chi connectivity index (χ4n) is 3.37. The Bertz CT molecular complexity index is 700. The summed E-state index contributed by atoms with van der Waals surface area (Å²) >= 11 is 1.06. The van der Waals surface area contributed by atoms with Crippen molar-refractivity contribution >= 4 is 28.8 Å². The highest BCUT2D eigenvalue weighted by atomic mass is 32.2. The molecule has 8 heteroatoms. The molecule has 0 aliphatic carbocycles. The molecule has 3 rings (SSSR count). The Hall–Kier alpha value is -2.22. The van der Waals surface area contributed by atoms with Crippen molar-refractivity contribution in [3.63, 3.8) is 0 Å². The Morgan fingerprint density at radius 1 is 1.15 bits per heavy atom. The van der Waals surface area contributed by atoms with Crippen LogP contribution in [0.5, 0.6) is 11.5 Å². The topological polar surface area (TPSA) is 76.2 Å². The Balaban J connectivity index is 1.57. The third-order valence-electron chi connectivity index (χ3n) is 4.77. The van der Waals surface area contributed by atoms with E-state index in [4.69, 9.17) is 9.47 Å². The minimum atomic E-state index is -0.162. The Kier molecular flexibility index (Phi) is 5.70. The summed E-state index contributed by atoms with van der Waals surface area (Å²) in [6.07, 6.45) is 1.55. The molecule has 0 unspecified atom stereocenters. The molecule has 26 heavy (non-hydrogen) atoms. The summed E-state index contributed by atoms with van der Waals surface area (Å²) in [6.45, 7) is 1.11. The molecule has 7 nitrogen and oxygen atoms in total. The maximum Gasteiger partial charge on any atom is 0.289 e. The molecule has 0 spiro atoms. The number of carbonyl (C=O) groups is 3. The monoisotopic (exact) mass is 378 g/mol. The van der Waals surface area contributed by atoms with Crippen molar-refractivity contribution in [1.29, 1.82) is 0 Å². The van der Waals surface area contributed by atoms with E-state index in [1.54, 1.807) is 25.2 Å². The summed E-state index contributed by atoms with van der Waals surface area (Å²) in [5, 5.41) is -0.162. The zero-order valence-corrected chi connectivity index (χ0v) is 15.7. The lowest BCUT2D eigenvalue weighted by molar-refractivity contribution is -0.132. The number of hydrogen-bond donors (Lipinski definition) is 0. The number of nitrogens with zero attached hydrogens (tertiary/aromatic N) is 2. The van der Waals surface area contributed by atoms with Gasteiger partial charge in [0.1, 0.15) is 0 Å². The first-order valence-electron chi connectivity index (χ1n) is 8.51. The molecule has 0 N–H and O–H groups in total. The van der Waals surface area contributed by atoms with Crippen molar-refractivity contribution in [2.75, 3.05) is 33.1 Å². The second-order valence-electron chi connectivity index (χ2n) is 6.30. The minimum Gasteiger partial charge on any atom is -0.493 e. The quantitative estimate of drug-likeness (QED) is 0.779. The second kappa shape index (κ2) is 7.99. The molecule has 1 aromatic carbocycles. The number of ether oxygens (including phenoxy) is 2. The van der Waals surface area contributed by atoms with E-state index in [9.17, 15) is 14.4 Å². The molecule has 2 saturated heterocycles. The van der Waals surface area contributed by atoms with Crippen molar-refractivity contribution in [3.05, 3.63) is 23.8 Å². The number of methoxy groups -OCH3 is 2. The number of piperidine rings is 1. The molecule has 2 fully saturated rings. The fraction of sp³-hybridized carbons (Fsp3) is 0.500. The predicted octanol–water partition coefficient (Wildman–Crippen LogP) is 1.93. The highest BCUT2D eigenvalue weighted by Gasteiger charge is 2.37. The molecule has 3 amide bonds. The highest BCUT2D eigenvalue weighted by molar-refractivity contribution is 8.14. The van der Waals surface area contributed by atoms with Gasteiger partial charge in [0.15, 0.2) is 11.5 Å². The van der Waals surface area contributed by atoms with Crippen molar-refractivity contribution in [2.24, 2.45) is 0 Å². The molecular formula is C18H22N2O5S. The van der Waals surface area contributed by atoms with Gasteiger partial charge < -0.3 is 14.4 Å². The summed E-state index contributed by atoms with van der Waals surface area (Å²) in [5.41, 5.74) is 0.857. The first-order chi connectivity index (χ1) is 12.5. The smallest absolute Gasteiger partial charge is 0.289 e. The van der Waals surface area contributed by atoms with Crippen LogP contribution in [0, 0.1) is 0 Å². The summed E-state index contributed by atoms with van der Waals surface area (Å²) < 4.78 is 10.5. The van der Waals surface area contributed by atoms with Gasteiger partial charge in [0, 0.05) is 19.1 Å². The van der Waals surface area contributed by atoms with Crippen LogP contribution in [0.1, 0.15) is 18.4 Å². The molecule has 1 aromatic rings. The summed E-state index contributed by atoms with van der Waals surface area (Å²) in [6, 6.07) is 5.36. The van der Waals surface area contributed by atoms with E-state index < -0.39 is 0 Å². The van der Waals surface area contributed by atoms with Crippen molar-refractivity contribution in [1.82, 2.24) is 9.80 Å². The molecule has 0 radical (unpaired) electrons. The number of imide groups is 1. The Labute approximate surface area is 156 Å². The van der Waals surface area contributed by atoms with E-state index in [-0.39, 0.29) is 35.3 Å². The van der Waals surface area contributed by atoms with Gasteiger partial charge >= 0.3 is 0 Å². The van der Waals surface area contributed by atoms with Crippen LogP contribution in [0.25, 0.3) is 0 Å². The number of benzene rings is 1. The maximum atomic E-state index is 12.6. The molecule has 2 aliphatic heterocycles. The molecule has 0 atom stereocenters. The first kappa shape index (κ1) is 18.6. The van der Waals surface area contributed by atoms with Gasteiger partial charge in [-0.1, -0.05) is 17.8 Å². The second-order valence-corrected chi connectivity index (χ2v) is 7.22. The lowest BCUT2D eigenvalue weighted by atomic mass is 10.0. The number of carbonyl (C=O) groups excluding carboxylic acids is 3. The standard InChI is InChI=1S/C18H22N2O5S/c1-24-14-4-3-12(9-15(14)25-2)10-16(21)19-7-5-13(6-8-19)20-17(22)11-26-18(20)23/h3-4,9,13H,5-8,10-11H2,1-2H3. The molecule has 2 aliphatic rings. The third-order valence-corrected chi connectivity index (χ3v) is 5.61. The van der Waals surface area contributed by atoms with E-state index >= 15 is 0 Å². The SMILES string of the molecule is COc1ccc(CC(=O)N2CCC(N3C(=O)CSC3=O)CC2)cc1OC. The molecular weight excluding hydrogens is 356 g/mol. The average Bonchev–Trinajstić information content (AvgIpc) is 3.00. The lowest BCUT2D eigenvalue weighted by Gasteiger charge is -2.35. The van der Waals surface area contributed by atoms with E-state index in [0.717, 1.165) is 17.3 Å². The van der Waals surface area contributed by atoms with Gasteiger partial charge in [0.2, 0.25) is 11.8 Å². The molecule has 2 heterocycles. The molecule has 0 saturated carbocycles. The first-order valence-corrected chi connectivity index (χ1v) is 9.49. The van der Waals surface area contributed by atoms with Crippen molar-refractivity contribution in [2.45, 2.75) is 25.3 Å². The van der Waals surface area contributed by atoms with E-state index in [0.29, 0.717) is 37.4 Å². The minimum absolute atomic E-state index is 0.0316. The largest absolute Gasteiger partial charge is 0.493 e. The van der Waals surface area contributed by atoms with Gasteiger partial charge in [-0.3, -0.25) is 19.3 Å². The van der Waals surface area contributed by atoms with Gasteiger partial charge in [0.05, 0.1) is 26.4 Å². The zero-order chi connectivity index (χ0) is 18.7. The Morgan fingerprint density at radius 2 is 1.85 bits per heavy atom. The fourth-order valence-corrected chi connectivity index (χ4v) is 4.14. The van der Waals surface area contributed by atoms with Gasteiger partial charge in [-0.15, -0.1) is 0 Å². The Morgan fingerprint density at radius 3 is 2.42 bits per heavy atom. The van der Waals surface area contributed by atoms with Crippen LogP contribution >= 0.6 is 11.8 Å². The van der Waals surface area contributed by atoms with Gasteiger partial charge in [-0.2, -0.15) is 0 Å². The van der Waals surface area contributed by atoms with Gasteiger partial charge in [-0.05, 0) is 30.5 Å². The number of hydrogen-bond acceptors (Lipinski definition) is 6. The van der Waals surface area contributed by atoms with E-state index in [1.807, 2.05) is 12.1 Å². The van der Waals surface area contributed by atoms with E-state index in [1.165, 1.54) is 4.90 Å². The maximum absolute atomic E-state index is 12.6. The predicted molar refractivity (Wildman–Crippen MR) is 97.6 cm³/mol. The average molecular weight is 378 g/mol. The number of thioether (sulfide) groups is 1. The third kappa shape index (κ3) is 3.80.